The molecule has 0 saturated carbocycles. The molecule has 2 aromatic carbocycles. The Morgan fingerprint density at radius 2 is 2.04 bits per heavy atom. The van der Waals surface area contributed by atoms with E-state index in [0.29, 0.717) is 17.5 Å². The number of aryl methyl sites for hydroxylation is 1. The Morgan fingerprint density at radius 1 is 1.18 bits per heavy atom. The number of nitro benzene ring substituents is 1. The van der Waals surface area contributed by atoms with Crippen LogP contribution in [-0.2, 0) is 11.2 Å². The molecule has 2 amide bonds. The number of benzene rings is 2. The number of hydrogen-bond acceptors (Lipinski definition) is 5. The van der Waals surface area contributed by atoms with Crippen molar-refractivity contribution in [3.05, 3.63) is 69.9 Å². The molecule has 0 radical (unpaired) electrons. The zero-order valence-electron chi connectivity index (χ0n) is 14.8. The van der Waals surface area contributed by atoms with Gasteiger partial charge in [-0.2, -0.15) is 0 Å². The number of pyridine rings is 1. The molecule has 1 aliphatic rings. The minimum Gasteiger partial charge on any atom is -0.326 e. The Balaban J connectivity index is 1.66. The zero-order valence-corrected chi connectivity index (χ0v) is 14.8. The number of carbonyl (C=O) groups is 2. The molecular weight excluding hydrogens is 360 g/mol. The molecule has 3 aromatic rings. The molecule has 0 atom stereocenters. The molecule has 0 unspecified atom stereocenters. The van der Waals surface area contributed by atoms with Crippen LogP contribution >= 0.6 is 0 Å². The summed E-state index contributed by atoms with van der Waals surface area (Å²) < 4.78 is 0. The second-order valence-corrected chi connectivity index (χ2v) is 6.52. The van der Waals surface area contributed by atoms with Gasteiger partial charge in [-0.25, -0.2) is 0 Å². The van der Waals surface area contributed by atoms with E-state index < -0.39 is 10.8 Å². The van der Waals surface area contributed by atoms with Gasteiger partial charge >= 0.3 is 0 Å². The predicted octanol–water partition coefficient (Wildman–Crippen LogP) is 3.67. The maximum absolute atomic E-state index is 12.8. The van der Waals surface area contributed by atoms with Crippen LogP contribution in [0.25, 0.3) is 10.9 Å². The molecule has 1 aromatic heterocycles. The smallest absolute Gasteiger partial charge is 0.278 e. The minimum absolute atomic E-state index is 0.0149. The molecule has 1 aliphatic heterocycles. The van der Waals surface area contributed by atoms with Crippen LogP contribution in [0.1, 0.15) is 28.8 Å². The van der Waals surface area contributed by atoms with Gasteiger partial charge in [0.25, 0.3) is 11.6 Å². The van der Waals surface area contributed by atoms with Crippen LogP contribution in [0.4, 0.5) is 17.1 Å². The fourth-order valence-electron chi connectivity index (χ4n) is 3.35. The highest BCUT2D eigenvalue weighted by Gasteiger charge is 2.19. The summed E-state index contributed by atoms with van der Waals surface area (Å²) in [4.78, 5) is 39.4. The summed E-state index contributed by atoms with van der Waals surface area (Å²) in [5.41, 5.74) is 2.72. The molecule has 8 nitrogen and oxygen atoms in total. The van der Waals surface area contributed by atoms with Crippen molar-refractivity contribution in [2.45, 2.75) is 19.3 Å². The number of rotatable bonds is 3. The standard InChI is InChI=1S/C20H16N4O4/c25-18-5-1-3-12-11-13(6-8-16(12)23-18)22-20(26)15-7-9-17(24(27)28)14-4-2-10-21-19(14)15/h2,4,6-11H,1,3,5H2,(H,22,26)(H,23,25). The van der Waals surface area contributed by atoms with Gasteiger partial charge in [0.1, 0.15) is 0 Å². The Bertz CT molecular complexity index is 1130. The highest BCUT2D eigenvalue weighted by Crippen LogP contribution is 2.29. The number of fused-ring (bicyclic) bond motifs is 2. The third-order valence-corrected chi connectivity index (χ3v) is 4.68. The number of nitro groups is 1. The summed E-state index contributed by atoms with van der Waals surface area (Å²) in [5, 5.41) is 17.2. The molecule has 0 fully saturated rings. The second kappa shape index (κ2) is 7.07. The lowest BCUT2D eigenvalue weighted by atomic mass is 10.1. The third kappa shape index (κ3) is 3.27. The monoisotopic (exact) mass is 376 g/mol. The van der Waals surface area contributed by atoms with E-state index in [4.69, 9.17) is 0 Å². The SMILES string of the molecule is O=C1CCCc2cc(NC(=O)c3ccc([N+](=O)[O-])c4cccnc34)ccc2N1. The second-order valence-electron chi connectivity index (χ2n) is 6.52. The first-order valence-corrected chi connectivity index (χ1v) is 8.79. The Labute approximate surface area is 159 Å². The highest BCUT2D eigenvalue weighted by molar-refractivity contribution is 6.13. The van der Waals surface area contributed by atoms with Crippen LogP contribution in [0.3, 0.4) is 0 Å². The zero-order chi connectivity index (χ0) is 19.7. The van der Waals surface area contributed by atoms with E-state index in [0.717, 1.165) is 24.1 Å². The van der Waals surface area contributed by atoms with E-state index in [2.05, 4.69) is 15.6 Å². The number of non-ortho nitro benzene ring substituents is 1. The molecule has 28 heavy (non-hydrogen) atoms. The van der Waals surface area contributed by atoms with Crippen LogP contribution in [0.2, 0.25) is 0 Å². The molecule has 8 heteroatoms. The summed E-state index contributed by atoms with van der Waals surface area (Å²) in [6.45, 7) is 0. The first-order chi connectivity index (χ1) is 13.5. The van der Waals surface area contributed by atoms with Crippen molar-refractivity contribution in [3.63, 3.8) is 0 Å². The van der Waals surface area contributed by atoms with Crippen molar-refractivity contribution in [2.75, 3.05) is 10.6 Å². The normalized spacial score (nSPS) is 13.4. The number of nitrogens with zero attached hydrogens (tertiary/aromatic N) is 2. The summed E-state index contributed by atoms with van der Waals surface area (Å²) >= 11 is 0. The molecule has 0 aliphatic carbocycles. The summed E-state index contributed by atoms with van der Waals surface area (Å²) in [6.07, 6.45) is 3.44. The lowest BCUT2D eigenvalue weighted by Gasteiger charge is -2.11. The van der Waals surface area contributed by atoms with Crippen LogP contribution < -0.4 is 10.6 Å². The van der Waals surface area contributed by atoms with E-state index in [1.165, 1.54) is 18.3 Å². The highest BCUT2D eigenvalue weighted by atomic mass is 16.6. The van der Waals surface area contributed by atoms with Gasteiger partial charge in [-0.15, -0.1) is 0 Å². The van der Waals surface area contributed by atoms with Gasteiger partial charge in [0.2, 0.25) is 5.91 Å². The largest absolute Gasteiger partial charge is 0.326 e. The molecule has 4 rings (SSSR count). The van der Waals surface area contributed by atoms with Gasteiger partial charge in [0.15, 0.2) is 0 Å². The number of carbonyl (C=O) groups excluding carboxylic acids is 2. The van der Waals surface area contributed by atoms with Gasteiger partial charge in [0, 0.05) is 30.1 Å². The number of aromatic nitrogens is 1. The number of nitrogens with one attached hydrogen (secondary N) is 2. The maximum atomic E-state index is 12.8. The summed E-state index contributed by atoms with van der Waals surface area (Å²) in [7, 11) is 0. The van der Waals surface area contributed by atoms with Crippen molar-refractivity contribution in [3.8, 4) is 0 Å². The molecule has 2 N–H and O–H groups in total. The van der Waals surface area contributed by atoms with Gasteiger partial charge in [-0.3, -0.25) is 24.7 Å². The first-order valence-electron chi connectivity index (χ1n) is 8.79. The number of amides is 2. The lowest BCUT2D eigenvalue weighted by molar-refractivity contribution is -0.383. The van der Waals surface area contributed by atoms with E-state index in [9.17, 15) is 19.7 Å². The van der Waals surface area contributed by atoms with Crippen molar-refractivity contribution in [2.24, 2.45) is 0 Å². The predicted molar refractivity (Wildman–Crippen MR) is 104 cm³/mol. The van der Waals surface area contributed by atoms with Crippen molar-refractivity contribution in [1.82, 2.24) is 4.98 Å². The van der Waals surface area contributed by atoms with Gasteiger partial charge in [0.05, 0.1) is 21.4 Å². The van der Waals surface area contributed by atoms with Crippen LogP contribution in [-0.4, -0.2) is 21.7 Å². The summed E-state index contributed by atoms with van der Waals surface area (Å²) in [5.74, 6) is -0.421. The maximum Gasteiger partial charge on any atom is 0.278 e. The fraction of sp³-hybridized carbons (Fsp3) is 0.150. The molecule has 140 valence electrons. The van der Waals surface area contributed by atoms with Crippen LogP contribution in [0, 0.1) is 10.1 Å². The average molecular weight is 376 g/mol. The van der Waals surface area contributed by atoms with Crippen LogP contribution in [0.5, 0.6) is 0 Å². The Morgan fingerprint density at radius 3 is 2.86 bits per heavy atom. The van der Waals surface area contributed by atoms with Crippen molar-refractivity contribution >= 4 is 39.8 Å². The summed E-state index contributed by atoms with van der Waals surface area (Å²) in [6, 6.07) is 11.2. The first kappa shape index (κ1) is 17.6. The Kier molecular flexibility index (Phi) is 4.44. The minimum atomic E-state index is -0.494. The number of hydrogen-bond donors (Lipinski definition) is 2. The van der Waals surface area contributed by atoms with E-state index in [1.807, 2.05) is 6.07 Å². The van der Waals surface area contributed by atoms with Gasteiger partial charge in [-0.1, -0.05) is 0 Å². The van der Waals surface area contributed by atoms with Crippen molar-refractivity contribution < 1.29 is 14.5 Å². The molecule has 0 bridgehead atoms. The number of anilines is 2. The topological polar surface area (TPSA) is 114 Å². The van der Waals surface area contributed by atoms with E-state index in [1.54, 1.807) is 24.3 Å². The van der Waals surface area contributed by atoms with Crippen molar-refractivity contribution in [1.29, 1.82) is 0 Å². The van der Waals surface area contributed by atoms with Gasteiger partial charge < -0.3 is 10.6 Å². The quantitative estimate of drug-likeness (QED) is 0.535. The van der Waals surface area contributed by atoms with E-state index >= 15 is 0 Å². The average Bonchev–Trinajstić information content (AvgIpc) is 2.87. The third-order valence-electron chi connectivity index (χ3n) is 4.68. The fourth-order valence-corrected chi connectivity index (χ4v) is 3.35. The Hall–Kier alpha value is -3.81. The molecule has 0 spiro atoms. The molecular formula is C20H16N4O4. The lowest BCUT2D eigenvalue weighted by Crippen LogP contribution is -2.14. The molecule has 2 heterocycles. The van der Waals surface area contributed by atoms with Gasteiger partial charge in [-0.05, 0) is 54.8 Å². The van der Waals surface area contributed by atoms with Crippen LogP contribution in [0.15, 0.2) is 48.7 Å². The van der Waals surface area contributed by atoms with E-state index in [-0.39, 0.29) is 22.7 Å². The molecule has 0 saturated heterocycles.